The van der Waals surface area contributed by atoms with Crippen molar-refractivity contribution in [2.24, 2.45) is 0 Å². The second kappa shape index (κ2) is 11.5. The molecule has 1 heterocycles. The average molecular weight is 450 g/mol. The molecule has 1 N–H and O–H groups in total. The lowest BCUT2D eigenvalue weighted by Gasteiger charge is -2.27. The van der Waals surface area contributed by atoms with Crippen molar-refractivity contribution in [3.05, 3.63) is 76.6 Å². The first kappa shape index (κ1) is 25.2. The van der Waals surface area contributed by atoms with Crippen molar-refractivity contribution in [3.63, 3.8) is 0 Å². The van der Waals surface area contributed by atoms with Gasteiger partial charge < -0.3 is 9.84 Å². The quantitative estimate of drug-likeness (QED) is 0.338. The fourth-order valence-electron chi connectivity index (χ4n) is 3.26. The molecule has 0 aliphatic heterocycles. The molecule has 0 unspecified atom stereocenters. The first-order chi connectivity index (χ1) is 15.4. The van der Waals surface area contributed by atoms with Crippen molar-refractivity contribution in [3.8, 4) is 17.6 Å². The number of nitriles is 1. The van der Waals surface area contributed by atoms with Gasteiger partial charge in [-0.25, -0.2) is 9.97 Å². The molecule has 168 valence electrons. The topological polar surface area (TPSA) is 79.0 Å². The predicted octanol–water partition coefficient (Wildman–Crippen LogP) is 6.27. The van der Waals surface area contributed by atoms with E-state index in [0.29, 0.717) is 18.6 Å². The molecular formula is C26H31N3O2S. The SMILES string of the molecule is CC.CCc1cc(C(C)(C)c2ccc(OCc3ccnc(SC)n3)cc2)cc(C#N)c1O. The number of phenolic OH excluding ortho intramolecular Hbond substituents is 1. The van der Waals surface area contributed by atoms with E-state index in [1.807, 2.05) is 63.4 Å². The summed E-state index contributed by atoms with van der Waals surface area (Å²) in [6.45, 7) is 10.6. The minimum Gasteiger partial charge on any atom is -0.506 e. The Hall–Kier alpha value is -3.04. The summed E-state index contributed by atoms with van der Waals surface area (Å²) in [4.78, 5) is 8.59. The first-order valence-corrected chi connectivity index (χ1v) is 12.0. The highest BCUT2D eigenvalue weighted by atomic mass is 32.2. The lowest BCUT2D eigenvalue weighted by atomic mass is 9.77. The van der Waals surface area contributed by atoms with E-state index in [0.717, 1.165) is 33.3 Å². The van der Waals surface area contributed by atoms with Gasteiger partial charge in [-0.3, -0.25) is 0 Å². The van der Waals surface area contributed by atoms with Crippen LogP contribution in [0.25, 0.3) is 0 Å². The van der Waals surface area contributed by atoms with Gasteiger partial charge in [-0.2, -0.15) is 5.26 Å². The molecule has 3 aromatic rings. The van der Waals surface area contributed by atoms with E-state index in [-0.39, 0.29) is 11.2 Å². The van der Waals surface area contributed by atoms with Gasteiger partial charge in [-0.05, 0) is 53.6 Å². The van der Waals surface area contributed by atoms with Gasteiger partial charge >= 0.3 is 0 Å². The zero-order chi connectivity index (χ0) is 23.7. The van der Waals surface area contributed by atoms with Crippen molar-refractivity contribution in [2.45, 2.75) is 58.2 Å². The number of phenols is 1. The second-order valence-electron chi connectivity index (χ2n) is 7.47. The maximum Gasteiger partial charge on any atom is 0.187 e. The van der Waals surface area contributed by atoms with Crippen LogP contribution in [0, 0.1) is 11.3 Å². The van der Waals surface area contributed by atoms with Crippen LogP contribution in [0.2, 0.25) is 0 Å². The van der Waals surface area contributed by atoms with Gasteiger partial charge in [0.25, 0.3) is 0 Å². The van der Waals surface area contributed by atoms with Crippen LogP contribution in [-0.2, 0) is 18.4 Å². The summed E-state index contributed by atoms with van der Waals surface area (Å²) < 4.78 is 5.88. The van der Waals surface area contributed by atoms with Gasteiger partial charge in [-0.1, -0.05) is 64.6 Å². The van der Waals surface area contributed by atoms with E-state index in [9.17, 15) is 10.4 Å². The Balaban J connectivity index is 0.00000176. The van der Waals surface area contributed by atoms with Gasteiger partial charge in [-0.15, -0.1) is 0 Å². The van der Waals surface area contributed by atoms with Gasteiger partial charge in [0.05, 0.1) is 11.3 Å². The molecule has 2 aromatic carbocycles. The van der Waals surface area contributed by atoms with Crippen LogP contribution in [0.3, 0.4) is 0 Å². The molecule has 3 rings (SSSR count). The van der Waals surface area contributed by atoms with Gasteiger partial charge in [0.15, 0.2) is 5.16 Å². The zero-order valence-electron chi connectivity index (χ0n) is 19.6. The average Bonchev–Trinajstić information content (AvgIpc) is 2.84. The number of ether oxygens (including phenoxy) is 1. The summed E-state index contributed by atoms with van der Waals surface area (Å²) in [5.74, 6) is 0.842. The summed E-state index contributed by atoms with van der Waals surface area (Å²) in [6, 6.07) is 15.7. The number of hydrogen-bond acceptors (Lipinski definition) is 6. The Labute approximate surface area is 195 Å². The molecule has 0 saturated carbocycles. The largest absolute Gasteiger partial charge is 0.506 e. The molecule has 0 amide bonds. The number of rotatable bonds is 7. The van der Waals surface area contributed by atoms with Crippen LogP contribution in [0.4, 0.5) is 0 Å². The Kier molecular flexibility index (Phi) is 9.10. The number of hydrogen-bond donors (Lipinski definition) is 1. The maximum atomic E-state index is 10.2. The molecule has 0 fully saturated rings. The summed E-state index contributed by atoms with van der Waals surface area (Å²) in [5, 5.41) is 20.3. The van der Waals surface area contributed by atoms with Crippen LogP contribution >= 0.6 is 11.8 Å². The summed E-state index contributed by atoms with van der Waals surface area (Å²) in [5.41, 5.74) is 3.69. The lowest BCUT2D eigenvalue weighted by Crippen LogP contribution is -2.19. The monoisotopic (exact) mass is 449 g/mol. The summed E-state index contributed by atoms with van der Waals surface area (Å²) in [6.07, 6.45) is 4.34. The zero-order valence-corrected chi connectivity index (χ0v) is 20.5. The standard InChI is InChI=1S/C24H25N3O2S.C2H6/c1-5-16-12-19(13-17(14-25)22(16)28)24(2,3)18-6-8-21(9-7-18)29-15-20-10-11-26-23(27-20)30-4;1-2/h6-13,28H,5,15H2,1-4H3;1-2H3. The van der Waals surface area contributed by atoms with Crippen LogP contribution in [0.5, 0.6) is 11.5 Å². The third-order valence-corrected chi connectivity index (χ3v) is 5.81. The second-order valence-corrected chi connectivity index (χ2v) is 8.24. The highest BCUT2D eigenvalue weighted by molar-refractivity contribution is 7.98. The Morgan fingerprint density at radius 1 is 1.09 bits per heavy atom. The van der Waals surface area contributed by atoms with Gasteiger partial charge in [0.1, 0.15) is 24.2 Å². The van der Waals surface area contributed by atoms with E-state index in [2.05, 4.69) is 29.9 Å². The lowest BCUT2D eigenvalue weighted by molar-refractivity contribution is 0.300. The normalized spacial score (nSPS) is 10.7. The fraction of sp³-hybridized carbons (Fsp3) is 0.346. The van der Waals surface area contributed by atoms with Crippen LogP contribution in [0.1, 0.15) is 62.6 Å². The smallest absolute Gasteiger partial charge is 0.187 e. The molecule has 0 aliphatic carbocycles. The van der Waals surface area contributed by atoms with Crippen molar-refractivity contribution in [1.29, 1.82) is 5.26 Å². The van der Waals surface area contributed by atoms with E-state index < -0.39 is 0 Å². The number of aromatic hydroxyl groups is 1. The molecule has 0 bridgehead atoms. The molecule has 0 radical (unpaired) electrons. The molecule has 32 heavy (non-hydrogen) atoms. The van der Waals surface area contributed by atoms with Crippen molar-refractivity contribution in [2.75, 3.05) is 6.26 Å². The molecule has 6 heteroatoms. The predicted molar refractivity (Wildman–Crippen MR) is 130 cm³/mol. The van der Waals surface area contributed by atoms with Crippen molar-refractivity contribution < 1.29 is 9.84 Å². The van der Waals surface area contributed by atoms with E-state index >= 15 is 0 Å². The van der Waals surface area contributed by atoms with Gasteiger partial charge in [0, 0.05) is 11.6 Å². The molecule has 0 aliphatic rings. The summed E-state index contributed by atoms with van der Waals surface area (Å²) >= 11 is 1.50. The molecule has 0 atom stereocenters. The fourth-order valence-corrected chi connectivity index (χ4v) is 3.63. The molecule has 1 aromatic heterocycles. The van der Waals surface area contributed by atoms with E-state index in [1.165, 1.54) is 11.8 Å². The molecular weight excluding hydrogens is 418 g/mol. The Morgan fingerprint density at radius 3 is 2.38 bits per heavy atom. The van der Waals surface area contributed by atoms with Crippen LogP contribution < -0.4 is 4.74 Å². The van der Waals surface area contributed by atoms with Crippen LogP contribution in [0.15, 0.2) is 53.8 Å². The van der Waals surface area contributed by atoms with Crippen molar-refractivity contribution in [1.82, 2.24) is 9.97 Å². The summed E-state index contributed by atoms with van der Waals surface area (Å²) in [7, 11) is 0. The van der Waals surface area contributed by atoms with Gasteiger partial charge in [0.2, 0.25) is 0 Å². The highest BCUT2D eigenvalue weighted by Crippen LogP contribution is 2.36. The number of aryl methyl sites for hydroxylation is 1. The molecule has 0 spiro atoms. The number of thioether (sulfide) groups is 1. The number of nitrogens with zero attached hydrogens (tertiary/aromatic N) is 3. The Morgan fingerprint density at radius 2 is 1.78 bits per heavy atom. The highest BCUT2D eigenvalue weighted by Gasteiger charge is 2.25. The van der Waals surface area contributed by atoms with Crippen molar-refractivity contribution >= 4 is 11.8 Å². The van der Waals surface area contributed by atoms with E-state index in [1.54, 1.807) is 12.3 Å². The minimum absolute atomic E-state index is 0.0812. The number of aromatic nitrogens is 2. The Bertz CT molecular complexity index is 1070. The third kappa shape index (κ3) is 5.80. The minimum atomic E-state index is -0.332. The molecule has 5 nitrogen and oxygen atoms in total. The van der Waals surface area contributed by atoms with Crippen LogP contribution in [-0.4, -0.2) is 21.3 Å². The first-order valence-electron chi connectivity index (χ1n) is 10.7. The number of benzene rings is 2. The third-order valence-electron chi connectivity index (χ3n) is 5.25. The molecule has 0 saturated heterocycles. The van der Waals surface area contributed by atoms with E-state index in [4.69, 9.17) is 4.74 Å². The maximum absolute atomic E-state index is 10.2.